The Kier molecular flexibility index (Phi) is 4.90. The fourth-order valence-electron chi connectivity index (χ4n) is 1.28. The van der Waals surface area contributed by atoms with Gasteiger partial charge in [0, 0.05) is 6.54 Å². The predicted octanol–water partition coefficient (Wildman–Crippen LogP) is 1.19. The van der Waals surface area contributed by atoms with E-state index in [0.717, 1.165) is 0 Å². The molecule has 1 amide bonds. The van der Waals surface area contributed by atoms with Gasteiger partial charge < -0.3 is 15.8 Å². The van der Waals surface area contributed by atoms with E-state index in [0.29, 0.717) is 12.2 Å². The topological polar surface area (TPSA) is 64.3 Å². The van der Waals surface area contributed by atoms with Crippen LogP contribution in [0.2, 0.25) is 0 Å². The quantitative estimate of drug-likeness (QED) is 0.812. The smallest absolute Gasteiger partial charge is 0.236 e. The van der Waals surface area contributed by atoms with E-state index in [1.165, 1.54) is 6.07 Å². The number of carbonyl (C=O) groups is 1. The second-order valence-electron chi connectivity index (χ2n) is 3.70. The number of amides is 1. The summed E-state index contributed by atoms with van der Waals surface area (Å²) in [5, 5.41) is 2.61. The van der Waals surface area contributed by atoms with E-state index in [1.807, 2.05) is 0 Å². The first-order valence-electron chi connectivity index (χ1n) is 5.49. The zero-order valence-electron chi connectivity index (χ0n) is 10.00. The van der Waals surface area contributed by atoms with Crippen LogP contribution in [-0.2, 0) is 11.3 Å². The molecule has 0 aliphatic carbocycles. The molecule has 1 aromatic rings. The molecule has 5 heteroatoms. The van der Waals surface area contributed by atoms with Crippen molar-refractivity contribution in [3.05, 3.63) is 29.6 Å². The van der Waals surface area contributed by atoms with Crippen molar-refractivity contribution in [3.63, 3.8) is 0 Å². The molecule has 0 heterocycles. The summed E-state index contributed by atoms with van der Waals surface area (Å²) in [6.45, 7) is 4.05. The molecule has 1 aromatic carbocycles. The van der Waals surface area contributed by atoms with Crippen LogP contribution >= 0.6 is 0 Å². The van der Waals surface area contributed by atoms with Gasteiger partial charge in [0.2, 0.25) is 5.91 Å². The SMILES string of the molecule is CCOc1ccc(CNC(=O)[C@@H](C)N)cc1F. The molecule has 0 aliphatic rings. The van der Waals surface area contributed by atoms with Crippen LogP contribution in [0.1, 0.15) is 19.4 Å². The Hall–Kier alpha value is -1.62. The maximum atomic E-state index is 13.5. The number of nitrogens with two attached hydrogens (primary N) is 1. The zero-order valence-corrected chi connectivity index (χ0v) is 10.00. The Morgan fingerprint density at radius 1 is 1.59 bits per heavy atom. The average Bonchev–Trinajstić information content (AvgIpc) is 2.29. The van der Waals surface area contributed by atoms with Gasteiger partial charge >= 0.3 is 0 Å². The molecule has 0 aromatic heterocycles. The van der Waals surface area contributed by atoms with Gasteiger partial charge in [-0.25, -0.2) is 4.39 Å². The summed E-state index contributed by atoms with van der Waals surface area (Å²) in [6.07, 6.45) is 0. The van der Waals surface area contributed by atoms with Crippen molar-refractivity contribution < 1.29 is 13.9 Å². The number of halogens is 1. The van der Waals surface area contributed by atoms with Gasteiger partial charge in [0.15, 0.2) is 11.6 Å². The van der Waals surface area contributed by atoms with E-state index >= 15 is 0 Å². The van der Waals surface area contributed by atoms with E-state index in [4.69, 9.17) is 10.5 Å². The Bertz CT molecular complexity index is 394. The molecule has 0 fully saturated rings. The molecule has 0 unspecified atom stereocenters. The fourth-order valence-corrected chi connectivity index (χ4v) is 1.28. The summed E-state index contributed by atoms with van der Waals surface area (Å²) in [5.74, 6) is -0.478. The summed E-state index contributed by atoms with van der Waals surface area (Å²) in [5.41, 5.74) is 6.05. The molecule has 1 atom stereocenters. The van der Waals surface area contributed by atoms with Crippen LogP contribution in [0.15, 0.2) is 18.2 Å². The third-order valence-corrected chi connectivity index (χ3v) is 2.18. The normalized spacial score (nSPS) is 12.0. The highest BCUT2D eigenvalue weighted by atomic mass is 19.1. The molecule has 0 radical (unpaired) electrons. The Morgan fingerprint density at radius 2 is 2.29 bits per heavy atom. The second-order valence-corrected chi connectivity index (χ2v) is 3.70. The predicted molar refractivity (Wildman–Crippen MR) is 63.1 cm³/mol. The van der Waals surface area contributed by atoms with Gasteiger partial charge in [-0.2, -0.15) is 0 Å². The van der Waals surface area contributed by atoms with Crippen molar-refractivity contribution in [1.82, 2.24) is 5.32 Å². The van der Waals surface area contributed by atoms with Crippen molar-refractivity contribution in [2.45, 2.75) is 26.4 Å². The van der Waals surface area contributed by atoms with Gasteiger partial charge in [0.25, 0.3) is 0 Å². The van der Waals surface area contributed by atoms with Crippen LogP contribution in [0, 0.1) is 5.82 Å². The highest BCUT2D eigenvalue weighted by Gasteiger charge is 2.08. The third-order valence-electron chi connectivity index (χ3n) is 2.18. The third kappa shape index (κ3) is 4.03. The maximum absolute atomic E-state index is 13.5. The monoisotopic (exact) mass is 240 g/mol. The molecular formula is C12H17FN2O2. The van der Waals surface area contributed by atoms with Gasteiger partial charge in [0.1, 0.15) is 0 Å². The lowest BCUT2D eigenvalue weighted by atomic mass is 10.2. The minimum atomic E-state index is -0.567. The van der Waals surface area contributed by atoms with Crippen LogP contribution in [0.5, 0.6) is 5.75 Å². The number of benzene rings is 1. The van der Waals surface area contributed by atoms with Gasteiger partial charge in [-0.1, -0.05) is 6.07 Å². The molecule has 3 N–H and O–H groups in total. The van der Waals surface area contributed by atoms with Crippen molar-refractivity contribution in [2.24, 2.45) is 5.73 Å². The first kappa shape index (κ1) is 13.4. The number of ether oxygens (including phenoxy) is 1. The van der Waals surface area contributed by atoms with Gasteiger partial charge in [-0.3, -0.25) is 4.79 Å². The molecule has 0 saturated carbocycles. The minimum absolute atomic E-state index is 0.217. The summed E-state index contributed by atoms with van der Waals surface area (Å²) in [4.78, 5) is 11.2. The van der Waals surface area contributed by atoms with Crippen LogP contribution in [0.3, 0.4) is 0 Å². The lowest BCUT2D eigenvalue weighted by Crippen LogP contribution is -2.37. The lowest BCUT2D eigenvalue weighted by molar-refractivity contribution is -0.122. The van der Waals surface area contributed by atoms with Crippen molar-refractivity contribution in [3.8, 4) is 5.75 Å². The Labute approximate surface area is 100.0 Å². The number of hydrogen-bond donors (Lipinski definition) is 2. The van der Waals surface area contributed by atoms with E-state index in [9.17, 15) is 9.18 Å². The fraction of sp³-hybridized carbons (Fsp3) is 0.417. The summed E-state index contributed by atoms with van der Waals surface area (Å²) in [6, 6.07) is 4.02. The maximum Gasteiger partial charge on any atom is 0.236 e. The molecule has 17 heavy (non-hydrogen) atoms. The Balaban J connectivity index is 2.61. The number of nitrogens with one attached hydrogen (secondary N) is 1. The second kappa shape index (κ2) is 6.20. The van der Waals surface area contributed by atoms with Crippen LogP contribution in [-0.4, -0.2) is 18.6 Å². The number of hydrogen-bond acceptors (Lipinski definition) is 3. The van der Waals surface area contributed by atoms with Gasteiger partial charge in [-0.15, -0.1) is 0 Å². The van der Waals surface area contributed by atoms with Crippen molar-refractivity contribution in [1.29, 1.82) is 0 Å². The van der Waals surface area contributed by atoms with Crippen molar-refractivity contribution >= 4 is 5.91 Å². The van der Waals surface area contributed by atoms with E-state index in [2.05, 4.69) is 5.32 Å². The zero-order chi connectivity index (χ0) is 12.8. The molecule has 0 bridgehead atoms. The van der Waals surface area contributed by atoms with Crippen LogP contribution in [0.4, 0.5) is 4.39 Å². The molecular weight excluding hydrogens is 223 g/mol. The number of rotatable bonds is 5. The van der Waals surface area contributed by atoms with Crippen molar-refractivity contribution in [2.75, 3.05) is 6.61 Å². The first-order chi connectivity index (χ1) is 8.04. The highest BCUT2D eigenvalue weighted by Crippen LogP contribution is 2.18. The summed E-state index contributed by atoms with van der Waals surface area (Å²) in [7, 11) is 0. The molecule has 94 valence electrons. The van der Waals surface area contributed by atoms with Crippen LogP contribution < -0.4 is 15.8 Å². The van der Waals surface area contributed by atoms with E-state index in [1.54, 1.807) is 26.0 Å². The first-order valence-corrected chi connectivity index (χ1v) is 5.49. The molecule has 0 aliphatic heterocycles. The summed E-state index contributed by atoms with van der Waals surface area (Å²) < 4.78 is 18.5. The minimum Gasteiger partial charge on any atom is -0.491 e. The standard InChI is InChI=1S/C12H17FN2O2/c1-3-17-11-5-4-9(6-10(11)13)7-15-12(16)8(2)14/h4-6,8H,3,7,14H2,1-2H3,(H,15,16)/t8-/m1/s1. The molecule has 1 rings (SSSR count). The molecule has 0 saturated heterocycles. The Morgan fingerprint density at radius 3 is 2.82 bits per heavy atom. The highest BCUT2D eigenvalue weighted by molar-refractivity contribution is 5.80. The largest absolute Gasteiger partial charge is 0.491 e. The summed E-state index contributed by atoms with van der Waals surface area (Å²) >= 11 is 0. The average molecular weight is 240 g/mol. The lowest BCUT2D eigenvalue weighted by Gasteiger charge is -2.09. The van der Waals surface area contributed by atoms with Crippen LogP contribution in [0.25, 0.3) is 0 Å². The molecule has 0 spiro atoms. The van der Waals surface area contributed by atoms with Gasteiger partial charge in [-0.05, 0) is 31.5 Å². The van der Waals surface area contributed by atoms with E-state index < -0.39 is 11.9 Å². The molecule has 4 nitrogen and oxygen atoms in total. The van der Waals surface area contributed by atoms with E-state index in [-0.39, 0.29) is 18.2 Å². The number of carbonyl (C=O) groups excluding carboxylic acids is 1. The van der Waals surface area contributed by atoms with Gasteiger partial charge in [0.05, 0.1) is 12.6 Å².